The van der Waals surface area contributed by atoms with Crippen LogP contribution in [0.1, 0.15) is 24.0 Å². The maximum absolute atomic E-state index is 12.7. The molecule has 1 saturated heterocycles. The van der Waals surface area contributed by atoms with Gasteiger partial charge in [-0.1, -0.05) is 29.6 Å². The number of alkyl halides is 3. The van der Waals surface area contributed by atoms with E-state index in [0.717, 1.165) is 24.0 Å². The number of hydrogen-bond donors (Lipinski definition) is 2. The van der Waals surface area contributed by atoms with Gasteiger partial charge in [0, 0.05) is 23.6 Å². The molecule has 0 bridgehead atoms. The summed E-state index contributed by atoms with van der Waals surface area (Å²) in [5.74, 6) is -0.148. The van der Waals surface area contributed by atoms with E-state index < -0.39 is 23.8 Å². The summed E-state index contributed by atoms with van der Waals surface area (Å²) in [6, 6.07) is 9.91. The number of carbonyl (C=O) groups is 1. The Kier molecular flexibility index (Phi) is 6.84. The van der Waals surface area contributed by atoms with Crippen molar-refractivity contribution in [1.29, 1.82) is 5.41 Å². The predicted molar refractivity (Wildman–Crippen MR) is 114 cm³/mol. The molecule has 10 heteroatoms. The summed E-state index contributed by atoms with van der Waals surface area (Å²) < 4.78 is 38.1. The molecule has 1 aliphatic rings. The van der Waals surface area contributed by atoms with Crippen LogP contribution in [0.25, 0.3) is 5.41 Å². The fraction of sp³-hybridized carbons (Fsp3) is 0.286. The molecule has 0 unspecified atom stereocenters. The number of hydrogen-bond acceptors (Lipinski definition) is 2. The maximum Gasteiger partial charge on any atom is 0.416 e. The lowest BCUT2D eigenvalue weighted by atomic mass is 10.1. The third-order valence-corrected chi connectivity index (χ3v) is 5.24. The van der Waals surface area contributed by atoms with Crippen LogP contribution in [0.5, 0.6) is 0 Å². The van der Waals surface area contributed by atoms with Crippen LogP contribution in [0.15, 0.2) is 48.5 Å². The minimum atomic E-state index is -4.45. The lowest BCUT2D eigenvalue weighted by Gasteiger charge is -2.37. The van der Waals surface area contributed by atoms with Gasteiger partial charge in [-0.3, -0.25) is 0 Å². The van der Waals surface area contributed by atoms with Crippen molar-refractivity contribution in [3.05, 3.63) is 70.1 Å². The van der Waals surface area contributed by atoms with Crippen molar-refractivity contribution >= 4 is 35.5 Å². The van der Waals surface area contributed by atoms with Crippen LogP contribution in [0.3, 0.4) is 0 Å². The molecule has 3 rings (SSSR count). The first-order valence-electron chi connectivity index (χ1n) is 9.51. The number of anilines is 1. The summed E-state index contributed by atoms with van der Waals surface area (Å²) in [5, 5.41) is 21.5. The standard InChI is InChI=1S/C21H20ClF3N5O/c22-16-7-3-14(4-8-16)12-29(13-26)19(27)18-2-1-11-30(18)20(31)28-17-9-5-15(6-10-17)21(23,24)25/h3-10,13,18,26H,1-2,11-12H2,(H,28,31)/q-1/t18-/m1/s1. The topological polar surface area (TPSA) is 81.7 Å². The molecule has 6 nitrogen and oxygen atoms in total. The van der Waals surface area contributed by atoms with E-state index in [0.29, 0.717) is 24.4 Å². The first kappa shape index (κ1) is 22.6. The Morgan fingerprint density at radius 2 is 1.87 bits per heavy atom. The van der Waals surface area contributed by atoms with Gasteiger partial charge >= 0.3 is 12.2 Å². The summed E-state index contributed by atoms with van der Waals surface area (Å²) in [4.78, 5) is 15.4. The van der Waals surface area contributed by atoms with Crippen molar-refractivity contribution in [3.8, 4) is 0 Å². The van der Waals surface area contributed by atoms with Gasteiger partial charge in [-0.15, -0.1) is 0 Å². The Hall–Kier alpha value is -3.07. The van der Waals surface area contributed by atoms with Gasteiger partial charge in [0.05, 0.1) is 11.6 Å². The van der Waals surface area contributed by atoms with Crippen molar-refractivity contribution in [2.45, 2.75) is 31.6 Å². The molecule has 31 heavy (non-hydrogen) atoms. The van der Waals surface area contributed by atoms with Crippen molar-refractivity contribution in [2.24, 2.45) is 0 Å². The van der Waals surface area contributed by atoms with Gasteiger partial charge in [0.2, 0.25) is 0 Å². The third kappa shape index (κ3) is 5.55. The second-order valence-corrected chi connectivity index (χ2v) is 7.53. The van der Waals surface area contributed by atoms with E-state index in [1.54, 1.807) is 24.3 Å². The fourth-order valence-corrected chi connectivity index (χ4v) is 3.51. The Morgan fingerprint density at radius 1 is 1.23 bits per heavy atom. The average molecular weight is 451 g/mol. The van der Waals surface area contributed by atoms with E-state index in [1.807, 2.05) is 0 Å². The molecular weight excluding hydrogens is 431 g/mol. The average Bonchev–Trinajstić information content (AvgIpc) is 3.23. The Balaban J connectivity index is 1.67. The number of carbonyl (C=O) groups excluding carboxylic acids is 1. The predicted octanol–water partition coefficient (Wildman–Crippen LogP) is 5.43. The number of rotatable bonds is 5. The molecule has 0 radical (unpaired) electrons. The molecule has 0 spiro atoms. The SMILES string of the molecule is [N-]=C([C@H]1CCCN1C(=O)Nc1ccc(C(F)(F)F)cc1)N(C=N)Cc1ccc(Cl)cc1. The van der Waals surface area contributed by atoms with Crippen LogP contribution in [-0.4, -0.2) is 40.6 Å². The van der Waals surface area contributed by atoms with Crippen LogP contribution in [0.2, 0.25) is 5.02 Å². The molecule has 164 valence electrons. The molecule has 2 aromatic carbocycles. The van der Waals surface area contributed by atoms with Crippen LogP contribution in [0, 0.1) is 5.41 Å². The van der Waals surface area contributed by atoms with E-state index in [-0.39, 0.29) is 18.1 Å². The molecule has 2 amide bonds. The van der Waals surface area contributed by atoms with Crippen molar-refractivity contribution in [1.82, 2.24) is 9.80 Å². The number of urea groups is 1. The smallest absolute Gasteiger partial charge is 0.416 e. The number of amidine groups is 1. The molecule has 0 saturated carbocycles. The summed E-state index contributed by atoms with van der Waals surface area (Å²) >= 11 is 5.88. The molecule has 2 N–H and O–H groups in total. The van der Waals surface area contributed by atoms with E-state index in [4.69, 9.17) is 17.0 Å². The minimum absolute atomic E-state index is 0.148. The molecule has 2 aromatic rings. The number of amides is 2. The Morgan fingerprint density at radius 3 is 2.45 bits per heavy atom. The summed E-state index contributed by atoms with van der Waals surface area (Å²) in [6.07, 6.45) is -2.34. The van der Waals surface area contributed by atoms with E-state index in [9.17, 15) is 23.4 Å². The largest absolute Gasteiger partial charge is 0.467 e. The summed E-state index contributed by atoms with van der Waals surface area (Å²) in [7, 11) is 0. The van der Waals surface area contributed by atoms with Crippen molar-refractivity contribution in [2.75, 3.05) is 11.9 Å². The molecule has 1 heterocycles. The number of benzene rings is 2. The van der Waals surface area contributed by atoms with Gasteiger partial charge in [0.1, 0.15) is 0 Å². The van der Waals surface area contributed by atoms with Crippen LogP contribution >= 0.6 is 11.6 Å². The van der Waals surface area contributed by atoms with Gasteiger partial charge in [-0.25, -0.2) is 4.79 Å². The highest BCUT2D eigenvalue weighted by Crippen LogP contribution is 2.30. The number of nitrogens with one attached hydrogen (secondary N) is 2. The van der Waals surface area contributed by atoms with E-state index >= 15 is 0 Å². The maximum atomic E-state index is 12.7. The second kappa shape index (κ2) is 9.38. The Bertz CT molecular complexity index is 947. The number of nitrogens with zero attached hydrogens (tertiary/aromatic N) is 3. The van der Waals surface area contributed by atoms with Crippen LogP contribution in [-0.2, 0) is 12.7 Å². The van der Waals surface area contributed by atoms with Gasteiger partial charge in [-0.2, -0.15) is 13.2 Å². The van der Waals surface area contributed by atoms with Crippen LogP contribution in [0.4, 0.5) is 23.7 Å². The highest BCUT2D eigenvalue weighted by atomic mass is 35.5. The second-order valence-electron chi connectivity index (χ2n) is 7.10. The number of likely N-dealkylation sites (tertiary alicyclic amines) is 1. The van der Waals surface area contributed by atoms with Crippen molar-refractivity contribution < 1.29 is 18.0 Å². The monoisotopic (exact) mass is 450 g/mol. The summed E-state index contributed by atoms with van der Waals surface area (Å²) in [6.45, 7) is 0.589. The quantitative estimate of drug-likeness (QED) is 0.470. The molecule has 0 aromatic heterocycles. The fourth-order valence-electron chi connectivity index (χ4n) is 3.39. The summed E-state index contributed by atoms with van der Waals surface area (Å²) in [5.41, 5.74) is 0.228. The lowest BCUT2D eigenvalue weighted by molar-refractivity contribution is -0.137. The molecule has 0 aliphatic carbocycles. The first-order valence-corrected chi connectivity index (χ1v) is 9.89. The van der Waals surface area contributed by atoms with Gasteiger partial charge < -0.3 is 25.9 Å². The van der Waals surface area contributed by atoms with E-state index in [2.05, 4.69) is 5.32 Å². The molecule has 1 aliphatic heterocycles. The molecule has 1 fully saturated rings. The highest BCUT2D eigenvalue weighted by Gasteiger charge is 2.32. The third-order valence-electron chi connectivity index (χ3n) is 4.99. The zero-order chi connectivity index (χ0) is 22.6. The number of halogens is 4. The van der Waals surface area contributed by atoms with Gasteiger partial charge in [0.25, 0.3) is 0 Å². The minimum Gasteiger partial charge on any atom is -0.467 e. The van der Waals surface area contributed by atoms with Crippen LogP contribution < -0.4 is 5.32 Å². The first-order chi connectivity index (χ1) is 14.7. The zero-order valence-corrected chi connectivity index (χ0v) is 17.1. The lowest BCUT2D eigenvalue weighted by Crippen LogP contribution is -2.47. The normalized spacial score (nSPS) is 16.1. The van der Waals surface area contributed by atoms with Crippen molar-refractivity contribution in [3.63, 3.8) is 0 Å². The molecule has 1 atom stereocenters. The van der Waals surface area contributed by atoms with E-state index in [1.165, 1.54) is 21.9 Å². The molecular formula is C21H20ClF3N5O-. The van der Waals surface area contributed by atoms with Gasteiger partial charge in [0.15, 0.2) is 0 Å². The zero-order valence-electron chi connectivity index (χ0n) is 16.4. The van der Waals surface area contributed by atoms with Gasteiger partial charge in [-0.05, 0) is 61.3 Å². The highest BCUT2D eigenvalue weighted by molar-refractivity contribution is 6.30. The Labute approximate surface area is 182 Å².